The molecule has 2 unspecified atom stereocenters. The molecular formula is C16H33N2+. The molecule has 0 bridgehead atoms. The highest BCUT2D eigenvalue weighted by atomic mass is 15.2. The fourth-order valence-corrected chi connectivity index (χ4v) is 4.42. The zero-order chi connectivity index (χ0) is 13.1. The molecule has 2 nitrogen and oxygen atoms in total. The molecule has 18 heavy (non-hydrogen) atoms. The van der Waals surface area contributed by atoms with E-state index in [1.54, 1.807) is 0 Å². The number of hydrogen-bond acceptors (Lipinski definition) is 1. The Labute approximate surface area is 114 Å². The molecule has 1 aliphatic heterocycles. The predicted octanol–water partition coefficient (Wildman–Crippen LogP) is 1.67. The van der Waals surface area contributed by atoms with Crippen LogP contribution in [0, 0.1) is 17.8 Å². The highest BCUT2D eigenvalue weighted by Gasteiger charge is 2.29. The van der Waals surface area contributed by atoms with Crippen LogP contribution >= 0.6 is 0 Å². The van der Waals surface area contributed by atoms with Gasteiger partial charge in [-0.1, -0.05) is 13.8 Å². The quantitative estimate of drug-likeness (QED) is 0.804. The third-order valence-electron chi connectivity index (χ3n) is 5.25. The van der Waals surface area contributed by atoms with Crippen LogP contribution in [0.3, 0.4) is 0 Å². The van der Waals surface area contributed by atoms with E-state index in [2.05, 4.69) is 32.8 Å². The van der Waals surface area contributed by atoms with Crippen molar-refractivity contribution in [3.05, 3.63) is 0 Å². The van der Waals surface area contributed by atoms with E-state index in [9.17, 15) is 0 Å². The van der Waals surface area contributed by atoms with Gasteiger partial charge in [-0.3, -0.25) is 0 Å². The third-order valence-corrected chi connectivity index (χ3v) is 5.25. The smallest absolute Gasteiger partial charge is 0.0799 e. The fraction of sp³-hybridized carbons (Fsp3) is 1.00. The van der Waals surface area contributed by atoms with Crippen LogP contribution in [0.15, 0.2) is 0 Å². The van der Waals surface area contributed by atoms with Crippen molar-refractivity contribution in [3.63, 3.8) is 0 Å². The highest BCUT2D eigenvalue weighted by molar-refractivity contribution is 4.75. The second kappa shape index (κ2) is 6.38. The van der Waals surface area contributed by atoms with Crippen molar-refractivity contribution < 1.29 is 4.90 Å². The number of nitrogens with zero attached hydrogens (tertiary/aromatic N) is 1. The molecule has 106 valence electrons. The minimum Gasteiger partial charge on any atom is -0.335 e. The van der Waals surface area contributed by atoms with Gasteiger partial charge in [0.2, 0.25) is 0 Å². The summed E-state index contributed by atoms with van der Waals surface area (Å²) in [6, 6.07) is 0.845. The first-order valence-electron chi connectivity index (χ1n) is 8.04. The molecule has 2 heteroatoms. The molecule has 2 atom stereocenters. The van der Waals surface area contributed by atoms with Gasteiger partial charge in [0.05, 0.1) is 19.6 Å². The van der Waals surface area contributed by atoms with Crippen molar-refractivity contribution in [3.8, 4) is 0 Å². The third kappa shape index (κ3) is 3.96. The Morgan fingerprint density at radius 3 is 2.00 bits per heavy atom. The van der Waals surface area contributed by atoms with Gasteiger partial charge in [-0.05, 0) is 45.2 Å². The minimum atomic E-state index is 0.845. The molecule has 1 saturated carbocycles. The fourth-order valence-electron chi connectivity index (χ4n) is 4.42. The van der Waals surface area contributed by atoms with Crippen molar-refractivity contribution >= 4 is 0 Å². The number of rotatable bonds is 3. The van der Waals surface area contributed by atoms with Crippen LogP contribution < -0.4 is 4.90 Å². The van der Waals surface area contributed by atoms with Crippen molar-refractivity contribution in [2.24, 2.45) is 17.8 Å². The lowest BCUT2D eigenvalue weighted by molar-refractivity contribution is -0.909. The zero-order valence-electron chi connectivity index (χ0n) is 12.9. The van der Waals surface area contributed by atoms with E-state index in [4.69, 9.17) is 0 Å². The van der Waals surface area contributed by atoms with Crippen LogP contribution in [0.1, 0.15) is 46.0 Å². The van der Waals surface area contributed by atoms with Gasteiger partial charge in [0, 0.05) is 24.8 Å². The van der Waals surface area contributed by atoms with Crippen LogP contribution in [0.4, 0.5) is 0 Å². The van der Waals surface area contributed by atoms with Crippen molar-refractivity contribution in [1.29, 1.82) is 0 Å². The lowest BCUT2D eigenvalue weighted by Gasteiger charge is -2.37. The second-order valence-corrected chi connectivity index (χ2v) is 7.43. The van der Waals surface area contributed by atoms with Gasteiger partial charge >= 0.3 is 0 Å². The summed E-state index contributed by atoms with van der Waals surface area (Å²) < 4.78 is 0. The molecule has 2 rings (SSSR count). The summed E-state index contributed by atoms with van der Waals surface area (Å²) in [6.45, 7) is 9.17. The van der Waals surface area contributed by atoms with E-state index in [1.165, 1.54) is 51.7 Å². The number of nitrogens with one attached hydrogen (secondary N) is 1. The van der Waals surface area contributed by atoms with Crippen LogP contribution in [-0.2, 0) is 0 Å². The van der Waals surface area contributed by atoms with Gasteiger partial charge in [0.15, 0.2) is 0 Å². The van der Waals surface area contributed by atoms with E-state index in [1.807, 2.05) is 4.90 Å². The van der Waals surface area contributed by atoms with Gasteiger partial charge < -0.3 is 9.80 Å². The molecule has 0 spiro atoms. The maximum absolute atomic E-state index is 2.45. The SMILES string of the molecule is CC1CC(C)CC(C[NH+]2CCC(N(C)C)CC2)C1. The van der Waals surface area contributed by atoms with E-state index in [-0.39, 0.29) is 0 Å². The lowest BCUT2D eigenvalue weighted by atomic mass is 9.76. The first kappa shape index (κ1) is 14.3. The van der Waals surface area contributed by atoms with E-state index < -0.39 is 0 Å². The zero-order valence-corrected chi connectivity index (χ0v) is 12.9. The molecule has 0 radical (unpaired) electrons. The normalized spacial score (nSPS) is 42.2. The van der Waals surface area contributed by atoms with Crippen LogP contribution in [0.2, 0.25) is 0 Å². The van der Waals surface area contributed by atoms with Crippen molar-refractivity contribution in [2.45, 2.75) is 52.0 Å². The predicted molar refractivity (Wildman–Crippen MR) is 77.9 cm³/mol. The summed E-state index contributed by atoms with van der Waals surface area (Å²) in [5.41, 5.74) is 0. The summed E-state index contributed by atoms with van der Waals surface area (Å²) in [5, 5.41) is 0. The summed E-state index contributed by atoms with van der Waals surface area (Å²) in [4.78, 5) is 4.31. The summed E-state index contributed by atoms with van der Waals surface area (Å²) in [5.74, 6) is 2.95. The summed E-state index contributed by atoms with van der Waals surface area (Å²) >= 11 is 0. The Hall–Kier alpha value is -0.0800. The Morgan fingerprint density at radius 1 is 0.944 bits per heavy atom. The van der Waals surface area contributed by atoms with E-state index in [0.29, 0.717) is 0 Å². The van der Waals surface area contributed by atoms with Gasteiger partial charge in [0.25, 0.3) is 0 Å². The van der Waals surface area contributed by atoms with Crippen molar-refractivity contribution in [2.75, 3.05) is 33.7 Å². The molecule has 0 aromatic carbocycles. The average molecular weight is 253 g/mol. The van der Waals surface area contributed by atoms with Crippen LogP contribution in [-0.4, -0.2) is 44.7 Å². The van der Waals surface area contributed by atoms with E-state index in [0.717, 1.165) is 23.8 Å². The highest BCUT2D eigenvalue weighted by Crippen LogP contribution is 2.32. The molecule has 0 aromatic heterocycles. The maximum atomic E-state index is 2.45. The number of hydrogen-bond donors (Lipinski definition) is 1. The van der Waals surface area contributed by atoms with Crippen LogP contribution in [0.25, 0.3) is 0 Å². The Bertz CT molecular complexity index is 233. The molecular weight excluding hydrogens is 220 g/mol. The molecule has 1 N–H and O–H groups in total. The molecule has 2 fully saturated rings. The minimum absolute atomic E-state index is 0.845. The molecule has 1 heterocycles. The lowest BCUT2D eigenvalue weighted by Crippen LogP contribution is -3.14. The monoisotopic (exact) mass is 253 g/mol. The number of quaternary nitrogens is 1. The summed E-state index contributed by atoms with van der Waals surface area (Å²) in [6.07, 6.45) is 7.25. The largest absolute Gasteiger partial charge is 0.335 e. The Kier molecular flexibility index (Phi) is 5.08. The van der Waals surface area contributed by atoms with Gasteiger partial charge in [-0.25, -0.2) is 0 Å². The van der Waals surface area contributed by atoms with Gasteiger partial charge in [-0.15, -0.1) is 0 Å². The number of likely N-dealkylation sites (tertiary alicyclic amines) is 1. The van der Waals surface area contributed by atoms with Crippen LogP contribution in [0.5, 0.6) is 0 Å². The van der Waals surface area contributed by atoms with Crippen molar-refractivity contribution in [1.82, 2.24) is 4.90 Å². The Balaban J connectivity index is 1.74. The average Bonchev–Trinajstić information content (AvgIpc) is 2.28. The Morgan fingerprint density at radius 2 is 1.50 bits per heavy atom. The molecule has 1 aliphatic carbocycles. The summed E-state index contributed by atoms with van der Waals surface area (Å²) in [7, 11) is 4.47. The molecule has 1 saturated heterocycles. The number of piperidine rings is 1. The first-order valence-corrected chi connectivity index (χ1v) is 8.04. The second-order valence-electron chi connectivity index (χ2n) is 7.43. The first-order chi connectivity index (χ1) is 8.54. The van der Waals surface area contributed by atoms with Gasteiger partial charge in [-0.2, -0.15) is 0 Å². The maximum Gasteiger partial charge on any atom is 0.0799 e. The van der Waals surface area contributed by atoms with E-state index >= 15 is 0 Å². The van der Waals surface area contributed by atoms with Gasteiger partial charge in [0.1, 0.15) is 0 Å². The molecule has 2 aliphatic rings. The standard InChI is InChI=1S/C16H32N2/c1-13-9-14(2)11-15(10-13)12-18-7-5-16(6-8-18)17(3)4/h13-16H,5-12H2,1-4H3/p+1. The molecule has 0 amide bonds. The topological polar surface area (TPSA) is 7.68 Å². The molecule has 0 aromatic rings.